The number of nitrogens with zero attached hydrogens (tertiary/aromatic N) is 1. The first-order valence-corrected chi connectivity index (χ1v) is 6.29. The summed E-state index contributed by atoms with van der Waals surface area (Å²) in [5.74, 6) is -1.44. The van der Waals surface area contributed by atoms with Crippen molar-refractivity contribution < 1.29 is 14.7 Å². The highest BCUT2D eigenvalue weighted by molar-refractivity contribution is 6.34. The van der Waals surface area contributed by atoms with Crippen LogP contribution in [0.2, 0.25) is 5.02 Å². The number of carbonyl (C=O) groups excluding carboxylic acids is 1. The summed E-state index contributed by atoms with van der Waals surface area (Å²) in [6, 6.07) is 5.05. The molecule has 0 aromatic heterocycles. The average Bonchev–Trinajstić information content (AvgIpc) is 2.72. The molecular formula is C13H15ClN2O3. The highest BCUT2D eigenvalue weighted by Crippen LogP contribution is 2.36. The van der Waals surface area contributed by atoms with E-state index in [9.17, 15) is 14.7 Å². The van der Waals surface area contributed by atoms with E-state index >= 15 is 0 Å². The zero-order valence-electron chi connectivity index (χ0n) is 10.5. The fourth-order valence-corrected chi connectivity index (χ4v) is 2.62. The third-order valence-corrected chi connectivity index (χ3v) is 3.88. The van der Waals surface area contributed by atoms with E-state index < -0.39 is 17.3 Å². The van der Waals surface area contributed by atoms with Gasteiger partial charge in [-0.2, -0.15) is 0 Å². The van der Waals surface area contributed by atoms with E-state index in [1.165, 1.54) is 0 Å². The number of aliphatic carboxylic acids is 1. The zero-order chi connectivity index (χ0) is 14.2. The first-order valence-electron chi connectivity index (χ1n) is 5.92. The third kappa shape index (κ3) is 2.38. The standard InChI is InChI=1S/C13H15ClN2O3/c1-13(12(18)19)5-6-16(7-13)9-4-2-3-8(14)10(9)11(15)17/h2-4H,5-7H2,1H3,(H2,15,17)(H,18,19). The molecule has 1 amide bonds. The molecule has 1 fully saturated rings. The molecule has 1 atom stereocenters. The minimum absolute atomic E-state index is 0.249. The molecule has 6 heteroatoms. The lowest BCUT2D eigenvalue weighted by Gasteiger charge is -2.23. The van der Waals surface area contributed by atoms with Gasteiger partial charge in [0, 0.05) is 13.1 Å². The van der Waals surface area contributed by atoms with Gasteiger partial charge in [0.1, 0.15) is 0 Å². The van der Waals surface area contributed by atoms with E-state index in [2.05, 4.69) is 0 Å². The zero-order valence-corrected chi connectivity index (χ0v) is 11.3. The van der Waals surface area contributed by atoms with Crippen molar-refractivity contribution in [2.24, 2.45) is 11.1 Å². The Morgan fingerprint density at radius 2 is 2.16 bits per heavy atom. The van der Waals surface area contributed by atoms with Gasteiger partial charge in [0.25, 0.3) is 5.91 Å². The van der Waals surface area contributed by atoms with E-state index in [0.29, 0.717) is 25.2 Å². The van der Waals surface area contributed by atoms with Gasteiger partial charge in [-0.3, -0.25) is 9.59 Å². The van der Waals surface area contributed by atoms with Crippen LogP contribution in [-0.4, -0.2) is 30.1 Å². The molecule has 2 rings (SSSR count). The van der Waals surface area contributed by atoms with Crippen molar-refractivity contribution in [1.82, 2.24) is 0 Å². The van der Waals surface area contributed by atoms with E-state index in [1.54, 1.807) is 25.1 Å². The Morgan fingerprint density at radius 1 is 1.47 bits per heavy atom. The second kappa shape index (κ2) is 4.74. The number of hydrogen-bond donors (Lipinski definition) is 2. The van der Waals surface area contributed by atoms with Gasteiger partial charge >= 0.3 is 5.97 Å². The monoisotopic (exact) mass is 282 g/mol. The van der Waals surface area contributed by atoms with Crippen molar-refractivity contribution in [3.8, 4) is 0 Å². The molecule has 1 unspecified atom stereocenters. The Bertz CT molecular complexity index is 547. The molecule has 0 saturated carbocycles. The Morgan fingerprint density at radius 3 is 2.68 bits per heavy atom. The van der Waals surface area contributed by atoms with E-state index in [4.69, 9.17) is 17.3 Å². The average molecular weight is 283 g/mol. The number of anilines is 1. The van der Waals surface area contributed by atoms with E-state index in [0.717, 1.165) is 0 Å². The van der Waals surface area contributed by atoms with Crippen molar-refractivity contribution in [3.63, 3.8) is 0 Å². The van der Waals surface area contributed by atoms with Crippen LogP contribution in [0, 0.1) is 5.41 Å². The van der Waals surface area contributed by atoms with Gasteiger partial charge in [-0.15, -0.1) is 0 Å². The smallest absolute Gasteiger partial charge is 0.311 e. The minimum atomic E-state index is -0.836. The van der Waals surface area contributed by atoms with Crippen LogP contribution in [0.3, 0.4) is 0 Å². The number of carboxylic acids is 1. The molecule has 19 heavy (non-hydrogen) atoms. The Hall–Kier alpha value is -1.75. The molecule has 0 radical (unpaired) electrons. The molecule has 1 aliphatic heterocycles. The first kappa shape index (κ1) is 13.7. The van der Waals surface area contributed by atoms with Gasteiger partial charge in [0.2, 0.25) is 0 Å². The summed E-state index contributed by atoms with van der Waals surface area (Å²) >= 11 is 5.99. The fourth-order valence-electron chi connectivity index (χ4n) is 2.36. The number of nitrogens with two attached hydrogens (primary N) is 1. The number of carboxylic acid groups (broad SMARTS) is 1. The van der Waals surface area contributed by atoms with Crippen LogP contribution in [0.25, 0.3) is 0 Å². The maximum atomic E-state index is 11.5. The number of carbonyl (C=O) groups is 2. The normalized spacial score (nSPS) is 22.5. The first-order chi connectivity index (χ1) is 8.85. The van der Waals surface area contributed by atoms with Crippen LogP contribution < -0.4 is 10.6 Å². The van der Waals surface area contributed by atoms with Gasteiger partial charge in [0.15, 0.2) is 0 Å². The molecule has 1 saturated heterocycles. The summed E-state index contributed by atoms with van der Waals surface area (Å²) in [6.45, 7) is 2.59. The quantitative estimate of drug-likeness (QED) is 0.884. The number of benzene rings is 1. The maximum absolute atomic E-state index is 11.5. The molecule has 102 valence electrons. The summed E-state index contributed by atoms with van der Waals surface area (Å²) in [5.41, 5.74) is 5.39. The second-order valence-electron chi connectivity index (χ2n) is 5.04. The molecule has 1 aromatic carbocycles. The minimum Gasteiger partial charge on any atom is -0.481 e. The molecular weight excluding hydrogens is 268 g/mol. The van der Waals surface area contributed by atoms with Gasteiger partial charge in [-0.05, 0) is 25.5 Å². The molecule has 0 bridgehead atoms. The highest BCUT2D eigenvalue weighted by atomic mass is 35.5. The number of primary amides is 1. The van der Waals surface area contributed by atoms with Crippen LogP contribution in [0.15, 0.2) is 18.2 Å². The topological polar surface area (TPSA) is 83.6 Å². The van der Waals surface area contributed by atoms with Crippen molar-refractivity contribution in [2.45, 2.75) is 13.3 Å². The SMILES string of the molecule is CC1(C(=O)O)CCN(c2cccc(Cl)c2C(N)=O)C1. The number of halogens is 1. The van der Waals surface area contributed by atoms with Crippen molar-refractivity contribution in [2.75, 3.05) is 18.0 Å². The predicted octanol–water partition coefficient (Wildman–Crippen LogP) is 1.74. The van der Waals surface area contributed by atoms with E-state index in [1.807, 2.05) is 4.90 Å². The highest BCUT2D eigenvalue weighted by Gasteiger charge is 2.41. The van der Waals surface area contributed by atoms with Crippen LogP contribution in [0.5, 0.6) is 0 Å². The summed E-state index contributed by atoms with van der Waals surface area (Å²) in [7, 11) is 0. The third-order valence-electron chi connectivity index (χ3n) is 3.57. The summed E-state index contributed by atoms with van der Waals surface area (Å²) < 4.78 is 0. The Kier molecular flexibility index (Phi) is 3.41. The van der Waals surface area contributed by atoms with Crippen molar-refractivity contribution in [3.05, 3.63) is 28.8 Å². The van der Waals surface area contributed by atoms with Gasteiger partial charge < -0.3 is 15.7 Å². The van der Waals surface area contributed by atoms with Crippen LogP contribution >= 0.6 is 11.6 Å². The molecule has 5 nitrogen and oxygen atoms in total. The molecule has 0 spiro atoms. The number of rotatable bonds is 3. The van der Waals surface area contributed by atoms with Crippen LogP contribution in [-0.2, 0) is 4.79 Å². The van der Waals surface area contributed by atoms with Crippen LogP contribution in [0.1, 0.15) is 23.7 Å². The molecule has 1 aromatic rings. The maximum Gasteiger partial charge on any atom is 0.311 e. The summed E-state index contributed by atoms with van der Waals surface area (Å²) in [4.78, 5) is 24.6. The van der Waals surface area contributed by atoms with Crippen LogP contribution in [0.4, 0.5) is 5.69 Å². The lowest BCUT2D eigenvalue weighted by atomic mass is 9.90. The van der Waals surface area contributed by atoms with Crippen molar-refractivity contribution in [1.29, 1.82) is 0 Å². The van der Waals surface area contributed by atoms with Gasteiger partial charge in [0.05, 0.1) is 21.7 Å². The summed E-state index contributed by atoms with van der Waals surface area (Å²) in [5, 5.41) is 9.51. The van der Waals surface area contributed by atoms with Gasteiger partial charge in [-0.1, -0.05) is 17.7 Å². The molecule has 1 aliphatic rings. The second-order valence-corrected chi connectivity index (χ2v) is 5.44. The summed E-state index contributed by atoms with van der Waals surface area (Å²) in [6.07, 6.45) is 0.521. The molecule has 1 heterocycles. The fraction of sp³-hybridized carbons (Fsp3) is 0.385. The lowest BCUT2D eigenvalue weighted by Crippen LogP contribution is -2.32. The van der Waals surface area contributed by atoms with Gasteiger partial charge in [-0.25, -0.2) is 0 Å². The largest absolute Gasteiger partial charge is 0.481 e. The number of amides is 1. The van der Waals surface area contributed by atoms with E-state index in [-0.39, 0.29) is 10.6 Å². The molecule has 3 N–H and O–H groups in total. The van der Waals surface area contributed by atoms with Crippen molar-refractivity contribution >= 4 is 29.2 Å². The molecule has 0 aliphatic carbocycles. The predicted molar refractivity (Wildman–Crippen MR) is 72.5 cm³/mol. The Labute approximate surface area is 116 Å². The lowest BCUT2D eigenvalue weighted by molar-refractivity contribution is -0.146. The number of hydrogen-bond acceptors (Lipinski definition) is 3. The Balaban J connectivity index is 2.37.